The summed E-state index contributed by atoms with van der Waals surface area (Å²) in [6.45, 7) is 2.10. The fourth-order valence-corrected chi connectivity index (χ4v) is 1.86. The van der Waals surface area contributed by atoms with E-state index in [4.69, 9.17) is 4.74 Å². The van der Waals surface area contributed by atoms with Crippen LogP contribution in [-0.4, -0.2) is 19.7 Å². The van der Waals surface area contributed by atoms with E-state index in [0.717, 1.165) is 11.3 Å². The molecule has 0 heterocycles. The Morgan fingerprint density at radius 2 is 1.60 bits per heavy atom. The summed E-state index contributed by atoms with van der Waals surface area (Å²) in [4.78, 5) is 11.3. The summed E-state index contributed by atoms with van der Waals surface area (Å²) in [7, 11) is 1.38. The Balaban J connectivity index is 1.97. The van der Waals surface area contributed by atoms with E-state index in [1.54, 1.807) is 6.92 Å². The van der Waals surface area contributed by atoms with Gasteiger partial charge in [0.15, 0.2) is 0 Å². The van der Waals surface area contributed by atoms with Crippen molar-refractivity contribution in [3.63, 3.8) is 0 Å². The Kier molecular flexibility index (Phi) is 4.77. The van der Waals surface area contributed by atoms with Gasteiger partial charge in [-0.15, -0.1) is 0 Å². The van der Waals surface area contributed by atoms with Gasteiger partial charge < -0.3 is 9.47 Å². The van der Waals surface area contributed by atoms with Crippen LogP contribution in [0.2, 0.25) is 0 Å². The maximum atomic E-state index is 11.3. The topological polar surface area (TPSA) is 35.5 Å². The third kappa shape index (κ3) is 3.60. The highest BCUT2D eigenvalue weighted by Gasteiger charge is 2.13. The second-order valence-corrected chi connectivity index (χ2v) is 4.63. The Morgan fingerprint density at radius 3 is 2.20 bits per heavy atom. The van der Waals surface area contributed by atoms with E-state index in [9.17, 15) is 4.79 Å². The maximum Gasteiger partial charge on any atom is 0.311 e. The molecule has 0 spiro atoms. The molecule has 1 unspecified atom stereocenters. The summed E-state index contributed by atoms with van der Waals surface area (Å²) < 4.78 is 10.2. The van der Waals surface area contributed by atoms with Crippen molar-refractivity contribution in [2.24, 2.45) is 5.92 Å². The van der Waals surface area contributed by atoms with Crippen molar-refractivity contribution in [2.75, 3.05) is 13.7 Å². The van der Waals surface area contributed by atoms with Crippen LogP contribution in [-0.2, 0) is 9.53 Å². The third-order valence-electron chi connectivity index (χ3n) is 3.06. The van der Waals surface area contributed by atoms with Crippen molar-refractivity contribution >= 4 is 5.97 Å². The summed E-state index contributed by atoms with van der Waals surface area (Å²) in [6.07, 6.45) is 0. The van der Waals surface area contributed by atoms with Crippen LogP contribution in [0.5, 0.6) is 5.75 Å². The molecule has 0 saturated heterocycles. The number of esters is 1. The van der Waals surface area contributed by atoms with E-state index >= 15 is 0 Å². The van der Waals surface area contributed by atoms with Gasteiger partial charge in [0.05, 0.1) is 13.0 Å². The lowest BCUT2D eigenvalue weighted by atomic mass is 10.1. The van der Waals surface area contributed by atoms with Gasteiger partial charge in [-0.25, -0.2) is 0 Å². The molecule has 0 aromatic heterocycles. The number of methoxy groups -OCH3 is 1. The number of rotatable bonds is 5. The van der Waals surface area contributed by atoms with E-state index in [2.05, 4.69) is 16.9 Å². The molecule has 104 valence electrons. The molecule has 0 amide bonds. The average molecular weight is 270 g/mol. The first kappa shape index (κ1) is 14.1. The number of benzene rings is 2. The molecule has 3 nitrogen and oxygen atoms in total. The summed E-state index contributed by atoms with van der Waals surface area (Å²) in [5.74, 6) is 0.222. The van der Waals surface area contributed by atoms with Gasteiger partial charge in [-0.2, -0.15) is 0 Å². The minimum absolute atomic E-state index is 0.258. The molecule has 20 heavy (non-hydrogen) atoms. The van der Waals surface area contributed by atoms with Crippen LogP contribution in [0.3, 0.4) is 0 Å². The van der Waals surface area contributed by atoms with Crippen LogP contribution in [0, 0.1) is 5.92 Å². The standard InChI is InChI=1S/C17H18O3/c1-13(17(18)19-2)12-20-16-10-8-15(9-11-16)14-6-4-3-5-7-14/h3-11,13H,12H2,1-2H3. The van der Waals surface area contributed by atoms with Crippen molar-refractivity contribution in [3.8, 4) is 16.9 Å². The van der Waals surface area contributed by atoms with Gasteiger partial charge in [0.1, 0.15) is 12.4 Å². The first-order valence-corrected chi connectivity index (χ1v) is 6.57. The predicted molar refractivity (Wildman–Crippen MR) is 78.6 cm³/mol. The highest BCUT2D eigenvalue weighted by molar-refractivity contribution is 5.72. The molecule has 0 radical (unpaired) electrons. The van der Waals surface area contributed by atoms with E-state index in [0.29, 0.717) is 6.61 Å². The van der Waals surface area contributed by atoms with Gasteiger partial charge >= 0.3 is 5.97 Å². The van der Waals surface area contributed by atoms with Crippen molar-refractivity contribution in [1.82, 2.24) is 0 Å². The molecule has 3 heteroatoms. The first-order chi connectivity index (χ1) is 9.70. The number of hydrogen-bond donors (Lipinski definition) is 0. The van der Waals surface area contributed by atoms with Crippen molar-refractivity contribution in [1.29, 1.82) is 0 Å². The third-order valence-corrected chi connectivity index (χ3v) is 3.06. The monoisotopic (exact) mass is 270 g/mol. The van der Waals surface area contributed by atoms with Gasteiger partial charge in [0, 0.05) is 0 Å². The predicted octanol–water partition coefficient (Wildman–Crippen LogP) is 3.54. The number of carbonyl (C=O) groups is 1. The molecule has 2 rings (SSSR count). The Morgan fingerprint density at radius 1 is 1.00 bits per heavy atom. The van der Waals surface area contributed by atoms with Crippen LogP contribution in [0.25, 0.3) is 11.1 Å². The zero-order valence-electron chi connectivity index (χ0n) is 11.7. The van der Waals surface area contributed by atoms with E-state index in [1.807, 2.05) is 42.5 Å². The minimum Gasteiger partial charge on any atom is -0.493 e. The van der Waals surface area contributed by atoms with Crippen LogP contribution < -0.4 is 4.74 Å². The van der Waals surface area contributed by atoms with E-state index < -0.39 is 0 Å². The first-order valence-electron chi connectivity index (χ1n) is 6.57. The molecule has 0 fully saturated rings. The highest BCUT2D eigenvalue weighted by atomic mass is 16.5. The molecule has 2 aromatic carbocycles. The van der Waals surface area contributed by atoms with Gasteiger partial charge in [-0.3, -0.25) is 4.79 Å². The van der Waals surface area contributed by atoms with Crippen molar-refractivity contribution in [2.45, 2.75) is 6.92 Å². The number of ether oxygens (including phenoxy) is 2. The van der Waals surface area contributed by atoms with Gasteiger partial charge in [0.25, 0.3) is 0 Å². The quantitative estimate of drug-likeness (QED) is 0.779. The molecular weight excluding hydrogens is 252 g/mol. The second-order valence-electron chi connectivity index (χ2n) is 4.63. The van der Waals surface area contributed by atoms with Gasteiger partial charge in [-0.05, 0) is 30.2 Å². The van der Waals surface area contributed by atoms with Crippen LogP contribution >= 0.6 is 0 Å². The fraction of sp³-hybridized carbons (Fsp3) is 0.235. The molecule has 0 aliphatic heterocycles. The molecule has 0 bridgehead atoms. The van der Waals surface area contributed by atoms with E-state index in [1.165, 1.54) is 12.7 Å². The maximum absolute atomic E-state index is 11.3. The van der Waals surface area contributed by atoms with Gasteiger partial charge in [0.2, 0.25) is 0 Å². The molecule has 0 saturated carbocycles. The summed E-state index contributed by atoms with van der Waals surface area (Å²) in [5.41, 5.74) is 2.31. The largest absolute Gasteiger partial charge is 0.493 e. The van der Waals surface area contributed by atoms with Crippen molar-refractivity contribution < 1.29 is 14.3 Å². The molecule has 2 aromatic rings. The summed E-state index contributed by atoms with van der Waals surface area (Å²) in [5, 5.41) is 0. The smallest absolute Gasteiger partial charge is 0.311 e. The summed E-state index contributed by atoms with van der Waals surface area (Å²) in [6, 6.07) is 18.0. The van der Waals surface area contributed by atoms with Crippen LogP contribution in [0.1, 0.15) is 6.92 Å². The summed E-state index contributed by atoms with van der Waals surface area (Å²) >= 11 is 0. The van der Waals surface area contributed by atoms with Crippen LogP contribution in [0.15, 0.2) is 54.6 Å². The molecular formula is C17H18O3. The number of carbonyl (C=O) groups excluding carboxylic acids is 1. The normalized spacial score (nSPS) is 11.7. The Hall–Kier alpha value is -2.29. The molecule has 0 aliphatic carbocycles. The number of hydrogen-bond acceptors (Lipinski definition) is 3. The lowest BCUT2D eigenvalue weighted by Crippen LogP contribution is -2.19. The lowest BCUT2D eigenvalue weighted by molar-refractivity contribution is -0.145. The lowest BCUT2D eigenvalue weighted by Gasteiger charge is -2.11. The highest BCUT2D eigenvalue weighted by Crippen LogP contribution is 2.22. The molecule has 0 N–H and O–H groups in total. The fourth-order valence-electron chi connectivity index (χ4n) is 1.86. The Bertz CT molecular complexity index is 546. The second kappa shape index (κ2) is 6.75. The zero-order valence-corrected chi connectivity index (χ0v) is 11.7. The zero-order chi connectivity index (χ0) is 14.4. The molecule has 0 aliphatic rings. The van der Waals surface area contributed by atoms with Crippen molar-refractivity contribution in [3.05, 3.63) is 54.6 Å². The SMILES string of the molecule is COC(=O)C(C)COc1ccc(-c2ccccc2)cc1. The Labute approximate surface area is 119 Å². The average Bonchev–Trinajstić information content (AvgIpc) is 2.53. The molecule has 1 atom stereocenters. The minimum atomic E-state index is -0.270. The van der Waals surface area contributed by atoms with Crippen LogP contribution in [0.4, 0.5) is 0 Å². The van der Waals surface area contributed by atoms with Gasteiger partial charge in [-0.1, -0.05) is 42.5 Å². The van der Waals surface area contributed by atoms with E-state index in [-0.39, 0.29) is 11.9 Å².